The van der Waals surface area contributed by atoms with Crippen molar-refractivity contribution in [2.75, 3.05) is 13.2 Å². The standard InChI is InChI=1S/C15H20O4/c1-10-6-12-13(7-11(10)4-5-14(16)17)19-9-15(2,3)8-18-12/h6-7H,4-5,8-9H2,1-3H3,(H,16,17). The average molecular weight is 264 g/mol. The van der Waals surface area contributed by atoms with E-state index in [4.69, 9.17) is 14.6 Å². The van der Waals surface area contributed by atoms with Gasteiger partial charge in [-0.3, -0.25) is 4.79 Å². The molecule has 4 heteroatoms. The summed E-state index contributed by atoms with van der Waals surface area (Å²) in [5.74, 6) is 0.686. The molecule has 1 heterocycles. The zero-order valence-electron chi connectivity index (χ0n) is 11.7. The number of carboxylic acid groups (broad SMARTS) is 1. The average Bonchev–Trinajstić information content (AvgIpc) is 2.46. The molecule has 0 saturated heterocycles. The number of carbonyl (C=O) groups is 1. The molecule has 1 aromatic carbocycles. The third-order valence-electron chi connectivity index (χ3n) is 3.25. The van der Waals surface area contributed by atoms with E-state index in [0.717, 1.165) is 22.6 Å². The van der Waals surface area contributed by atoms with E-state index in [0.29, 0.717) is 19.6 Å². The van der Waals surface area contributed by atoms with Crippen LogP contribution in [0.15, 0.2) is 12.1 Å². The second-order valence-corrected chi connectivity index (χ2v) is 5.86. The third kappa shape index (κ3) is 3.40. The van der Waals surface area contributed by atoms with Gasteiger partial charge in [-0.1, -0.05) is 13.8 Å². The number of ether oxygens (including phenoxy) is 2. The van der Waals surface area contributed by atoms with Crippen molar-refractivity contribution in [1.29, 1.82) is 0 Å². The van der Waals surface area contributed by atoms with Crippen molar-refractivity contribution in [2.24, 2.45) is 5.41 Å². The predicted molar refractivity (Wildman–Crippen MR) is 71.9 cm³/mol. The minimum absolute atomic E-state index is 0.0197. The molecule has 0 saturated carbocycles. The van der Waals surface area contributed by atoms with Gasteiger partial charge in [0.15, 0.2) is 11.5 Å². The molecular weight excluding hydrogens is 244 g/mol. The smallest absolute Gasteiger partial charge is 0.303 e. The van der Waals surface area contributed by atoms with Crippen LogP contribution in [0.5, 0.6) is 11.5 Å². The maximum atomic E-state index is 10.7. The molecular formula is C15H20O4. The Morgan fingerprint density at radius 2 is 1.84 bits per heavy atom. The predicted octanol–water partition coefficient (Wildman–Crippen LogP) is 2.81. The lowest BCUT2D eigenvalue weighted by molar-refractivity contribution is -0.136. The number of carboxylic acids is 1. The summed E-state index contributed by atoms with van der Waals surface area (Å²) in [5.41, 5.74) is 2.03. The van der Waals surface area contributed by atoms with Crippen LogP contribution in [0.2, 0.25) is 0 Å². The maximum absolute atomic E-state index is 10.7. The molecule has 104 valence electrons. The highest BCUT2D eigenvalue weighted by Gasteiger charge is 2.25. The summed E-state index contributed by atoms with van der Waals surface area (Å²) in [5, 5.41) is 8.76. The van der Waals surface area contributed by atoms with Crippen LogP contribution >= 0.6 is 0 Å². The molecule has 1 N–H and O–H groups in total. The Kier molecular flexibility index (Phi) is 3.69. The van der Waals surface area contributed by atoms with Crippen LogP contribution in [0.3, 0.4) is 0 Å². The summed E-state index contributed by atoms with van der Waals surface area (Å²) in [7, 11) is 0. The van der Waals surface area contributed by atoms with Crippen molar-refractivity contribution in [3.63, 3.8) is 0 Å². The number of aryl methyl sites for hydroxylation is 2. The summed E-state index contributed by atoms with van der Waals surface area (Å²) < 4.78 is 11.6. The van der Waals surface area contributed by atoms with Gasteiger partial charge >= 0.3 is 5.97 Å². The normalized spacial score (nSPS) is 16.8. The van der Waals surface area contributed by atoms with Crippen molar-refractivity contribution in [3.05, 3.63) is 23.3 Å². The lowest BCUT2D eigenvalue weighted by Crippen LogP contribution is -2.26. The fourth-order valence-electron chi connectivity index (χ4n) is 2.03. The van der Waals surface area contributed by atoms with E-state index in [-0.39, 0.29) is 11.8 Å². The first kappa shape index (κ1) is 13.7. The molecule has 0 bridgehead atoms. The molecule has 0 unspecified atom stereocenters. The van der Waals surface area contributed by atoms with Gasteiger partial charge in [-0.25, -0.2) is 0 Å². The lowest BCUT2D eigenvalue weighted by Gasteiger charge is -2.19. The molecule has 1 aliphatic rings. The first-order chi connectivity index (χ1) is 8.87. The van der Waals surface area contributed by atoms with Crippen LogP contribution in [0.25, 0.3) is 0 Å². The summed E-state index contributed by atoms with van der Waals surface area (Å²) in [6, 6.07) is 3.85. The maximum Gasteiger partial charge on any atom is 0.303 e. The van der Waals surface area contributed by atoms with Crippen LogP contribution in [0.4, 0.5) is 0 Å². The molecule has 0 radical (unpaired) electrons. The Bertz CT molecular complexity index is 491. The second kappa shape index (κ2) is 5.11. The van der Waals surface area contributed by atoms with Gasteiger partial charge in [-0.15, -0.1) is 0 Å². The topological polar surface area (TPSA) is 55.8 Å². The Balaban J connectivity index is 2.23. The zero-order chi connectivity index (χ0) is 14.0. The van der Waals surface area contributed by atoms with Gasteiger partial charge in [-0.05, 0) is 36.6 Å². The van der Waals surface area contributed by atoms with Gasteiger partial charge < -0.3 is 14.6 Å². The highest BCUT2D eigenvalue weighted by molar-refractivity contribution is 5.67. The molecule has 2 rings (SSSR count). The zero-order valence-corrected chi connectivity index (χ0v) is 11.7. The third-order valence-corrected chi connectivity index (χ3v) is 3.25. The fraction of sp³-hybridized carbons (Fsp3) is 0.533. The van der Waals surface area contributed by atoms with E-state index < -0.39 is 5.97 Å². The molecule has 1 aromatic rings. The number of aliphatic carboxylic acids is 1. The molecule has 1 aliphatic heterocycles. The van der Waals surface area contributed by atoms with Crippen LogP contribution in [0.1, 0.15) is 31.4 Å². The van der Waals surface area contributed by atoms with Crippen molar-refractivity contribution in [3.8, 4) is 11.5 Å². The Morgan fingerprint density at radius 3 is 2.42 bits per heavy atom. The quantitative estimate of drug-likeness (QED) is 0.912. The van der Waals surface area contributed by atoms with Crippen molar-refractivity contribution in [1.82, 2.24) is 0 Å². The molecule has 0 aromatic heterocycles. The van der Waals surface area contributed by atoms with Crippen molar-refractivity contribution in [2.45, 2.75) is 33.6 Å². The van der Waals surface area contributed by atoms with Gasteiger partial charge in [0.05, 0.1) is 13.2 Å². The summed E-state index contributed by atoms with van der Waals surface area (Å²) in [6.45, 7) is 7.38. The molecule has 4 nitrogen and oxygen atoms in total. The lowest BCUT2D eigenvalue weighted by atomic mass is 9.97. The van der Waals surface area contributed by atoms with Crippen molar-refractivity contribution < 1.29 is 19.4 Å². The Labute approximate surface area is 113 Å². The first-order valence-electron chi connectivity index (χ1n) is 6.48. The summed E-state index contributed by atoms with van der Waals surface area (Å²) in [4.78, 5) is 10.7. The van der Waals surface area contributed by atoms with Gasteiger partial charge in [0, 0.05) is 11.8 Å². The highest BCUT2D eigenvalue weighted by atomic mass is 16.5. The number of hydrogen-bond donors (Lipinski definition) is 1. The van der Waals surface area contributed by atoms with Crippen molar-refractivity contribution >= 4 is 5.97 Å². The number of hydrogen-bond acceptors (Lipinski definition) is 3. The minimum atomic E-state index is -0.785. The largest absolute Gasteiger partial charge is 0.489 e. The van der Waals surface area contributed by atoms with E-state index in [2.05, 4.69) is 13.8 Å². The first-order valence-corrected chi connectivity index (χ1v) is 6.48. The molecule has 19 heavy (non-hydrogen) atoms. The molecule has 0 aliphatic carbocycles. The van der Waals surface area contributed by atoms with Gasteiger partial charge in [-0.2, -0.15) is 0 Å². The fourth-order valence-corrected chi connectivity index (χ4v) is 2.03. The van der Waals surface area contributed by atoms with Gasteiger partial charge in [0.25, 0.3) is 0 Å². The van der Waals surface area contributed by atoms with Crippen LogP contribution < -0.4 is 9.47 Å². The van der Waals surface area contributed by atoms with Crippen LogP contribution in [0, 0.1) is 12.3 Å². The van der Waals surface area contributed by atoms with Crippen LogP contribution in [-0.4, -0.2) is 24.3 Å². The molecule has 0 fully saturated rings. The van der Waals surface area contributed by atoms with Crippen LogP contribution in [-0.2, 0) is 11.2 Å². The summed E-state index contributed by atoms with van der Waals surface area (Å²) >= 11 is 0. The van der Waals surface area contributed by atoms with Gasteiger partial charge in [0.1, 0.15) is 0 Å². The van der Waals surface area contributed by atoms with E-state index in [1.807, 2.05) is 19.1 Å². The summed E-state index contributed by atoms with van der Waals surface area (Å²) in [6.07, 6.45) is 0.646. The van der Waals surface area contributed by atoms with Gasteiger partial charge in [0.2, 0.25) is 0 Å². The second-order valence-electron chi connectivity index (χ2n) is 5.86. The van der Waals surface area contributed by atoms with E-state index >= 15 is 0 Å². The molecule has 0 amide bonds. The Hall–Kier alpha value is -1.71. The van der Waals surface area contributed by atoms with E-state index in [9.17, 15) is 4.79 Å². The minimum Gasteiger partial charge on any atom is -0.489 e. The Morgan fingerprint density at radius 1 is 1.26 bits per heavy atom. The SMILES string of the molecule is Cc1cc2c(cc1CCC(=O)O)OCC(C)(C)CO2. The number of rotatable bonds is 3. The molecule has 0 atom stereocenters. The number of fused-ring (bicyclic) bond motifs is 1. The monoisotopic (exact) mass is 264 g/mol. The number of benzene rings is 1. The highest BCUT2D eigenvalue weighted by Crippen LogP contribution is 2.36. The van der Waals surface area contributed by atoms with E-state index in [1.165, 1.54) is 0 Å². The molecule has 0 spiro atoms. The van der Waals surface area contributed by atoms with E-state index in [1.54, 1.807) is 0 Å².